The smallest absolute Gasteiger partial charge is 0.171 e. The predicted octanol–water partition coefficient (Wildman–Crippen LogP) is 0.618. The molecule has 1 aliphatic rings. The lowest BCUT2D eigenvalue weighted by atomic mass is 10.1. The third kappa shape index (κ3) is 1.40. The summed E-state index contributed by atoms with van der Waals surface area (Å²) in [5.74, 6) is 0.732. The van der Waals surface area contributed by atoms with Gasteiger partial charge >= 0.3 is 0 Å². The van der Waals surface area contributed by atoms with Crippen molar-refractivity contribution in [3.05, 3.63) is 24.4 Å². The third-order valence-electron chi connectivity index (χ3n) is 2.71. The van der Waals surface area contributed by atoms with E-state index in [9.17, 15) is 5.11 Å². The fourth-order valence-corrected chi connectivity index (χ4v) is 1.94. The van der Waals surface area contributed by atoms with E-state index in [4.69, 9.17) is 4.42 Å². The van der Waals surface area contributed by atoms with Crippen LogP contribution in [0.1, 0.15) is 18.2 Å². The summed E-state index contributed by atoms with van der Waals surface area (Å²) in [6.45, 7) is 0.814. The molecule has 0 saturated carbocycles. The van der Waals surface area contributed by atoms with Crippen molar-refractivity contribution < 1.29 is 9.52 Å². The van der Waals surface area contributed by atoms with Crippen LogP contribution in [0.4, 0.5) is 0 Å². The Balaban J connectivity index is 2.04. The zero-order valence-electron chi connectivity index (χ0n) is 8.05. The quantitative estimate of drug-likeness (QED) is 0.714. The van der Waals surface area contributed by atoms with Crippen molar-refractivity contribution in [3.63, 3.8) is 0 Å². The van der Waals surface area contributed by atoms with Gasteiger partial charge in [0, 0.05) is 6.07 Å². The monoisotopic (exact) mass is 205 g/mol. The van der Waals surface area contributed by atoms with Crippen LogP contribution in [-0.4, -0.2) is 27.7 Å². The highest BCUT2D eigenvalue weighted by Gasteiger charge is 2.29. The van der Waals surface area contributed by atoms with E-state index in [0.29, 0.717) is 5.58 Å². The number of furan rings is 1. The second-order valence-electron chi connectivity index (χ2n) is 3.71. The Morgan fingerprint density at radius 2 is 2.47 bits per heavy atom. The van der Waals surface area contributed by atoms with Gasteiger partial charge in [-0.15, -0.1) is 0 Å². The van der Waals surface area contributed by atoms with Crippen molar-refractivity contribution in [2.75, 3.05) is 6.54 Å². The molecule has 5 nitrogen and oxygen atoms in total. The van der Waals surface area contributed by atoms with Crippen LogP contribution >= 0.6 is 0 Å². The number of fused-ring (bicyclic) bond motifs is 1. The highest BCUT2D eigenvalue weighted by atomic mass is 16.3. The highest BCUT2D eigenvalue weighted by molar-refractivity contribution is 5.71. The number of aliphatic hydroxyl groups excluding tert-OH is 1. The van der Waals surface area contributed by atoms with Crippen LogP contribution in [0, 0.1) is 0 Å². The van der Waals surface area contributed by atoms with E-state index in [-0.39, 0.29) is 12.1 Å². The molecule has 2 aromatic rings. The summed E-state index contributed by atoms with van der Waals surface area (Å²) in [7, 11) is 0. The van der Waals surface area contributed by atoms with Gasteiger partial charge in [0.1, 0.15) is 17.6 Å². The molecule has 1 aliphatic heterocycles. The van der Waals surface area contributed by atoms with Crippen LogP contribution in [0.5, 0.6) is 0 Å². The van der Waals surface area contributed by atoms with Crippen molar-refractivity contribution in [2.24, 2.45) is 0 Å². The first kappa shape index (κ1) is 8.82. The van der Waals surface area contributed by atoms with Crippen molar-refractivity contribution >= 4 is 11.1 Å². The minimum Gasteiger partial charge on any atom is -0.456 e. The molecule has 0 amide bonds. The topological polar surface area (TPSA) is 71.2 Å². The molecule has 5 heteroatoms. The molecule has 15 heavy (non-hydrogen) atoms. The predicted molar refractivity (Wildman–Crippen MR) is 53.2 cm³/mol. The first-order chi connectivity index (χ1) is 7.34. The molecular weight excluding hydrogens is 194 g/mol. The van der Waals surface area contributed by atoms with Gasteiger partial charge in [-0.1, -0.05) is 0 Å². The average Bonchev–Trinajstić information content (AvgIpc) is 2.82. The second-order valence-corrected chi connectivity index (χ2v) is 3.71. The molecule has 0 bridgehead atoms. The molecule has 1 fully saturated rings. The summed E-state index contributed by atoms with van der Waals surface area (Å²) < 4.78 is 5.57. The second kappa shape index (κ2) is 3.29. The summed E-state index contributed by atoms with van der Waals surface area (Å²) in [5, 5.41) is 12.9. The van der Waals surface area contributed by atoms with Crippen LogP contribution < -0.4 is 5.32 Å². The van der Waals surface area contributed by atoms with Gasteiger partial charge in [0.25, 0.3) is 0 Å². The van der Waals surface area contributed by atoms with Gasteiger partial charge in [0.2, 0.25) is 0 Å². The third-order valence-corrected chi connectivity index (χ3v) is 2.71. The van der Waals surface area contributed by atoms with Gasteiger partial charge in [-0.2, -0.15) is 0 Å². The summed E-state index contributed by atoms with van der Waals surface area (Å²) in [5.41, 5.74) is 1.44. The van der Waals surface area contributed by atoms with E-state index in [1.54, 1.807) is 6.20 Å². The lowest BCUT2D eigenvalue weighted by molar-refractivity contribution is 0.151. The Morgan fingerprint density at radius 1 is 1.53 bits per heavy atom. The fourth-order valence-electron chi connectivity index (χ4n) is 1.94. The van der Waals surface area contributed by atoms with Crippen molar-refractivity contribution in [1.29, 1.82) is 0 Å². The molecule has 2 aromatic heterocycles. The zero-order chi connectivity index (χ0) is 10.3. The molecule has 0 aromatic carbocycles. The lowest BCUT2D eigenvalue weighted by Crippen LogP contribution is -2.20. The molecule has 3 heterocycles. The van der Waals surface area contributed by atoms with Gasteiger partial charge in [-0.3, -0.25) is 0 Å². The van der Waals surface area contributed by atoms with Crippen LogP contribution in [-0.2, 0) is 0 Å². The molecule has 0 spiro atoms. The number of hydrogen-bond donors (Lipinski definition) is 2. The Hall–Kier alpha value is -1.46. The zero-order valence-corrected chi connectivity index (χ0v) is 8.05. The molecule has 2 N–H and O–H groups in total. The van der Waals surface area contributed by atoms with Gasteiger partial charge in [0.15, 0.2) is 5.58 Å². The number of nitrogens with one attached hydrogen (secondary N) is 1. The Bertz CT molecular complexity index is 449. The van der Waals surface area contributed by atoms with Crippen LogP contribution in [0.2, 0.25) is 0 Å². The van der Waals surface area contributed by atoms with Gasteiger partial charge in [-0.25, -0.2) is 9.97 Å². The van der Waals surface area contributed by atoms with Crippen LogP contribution in [0.3, 0.4) is 0 Å². The lowest BCUT2D eigenvalue weighted by Gasteiger charge is -2.10. The number of nitrogens with zero attached hydrogens (tertiary/aromatic N) is 2. The normalized spacial score (nSPS) is 26.2. The number of aromatic nitrogens is 2. The number of hydrogen-bond acceptors (Lipinski definition) is 5. The molecule has 3 rings (SSSR count). The van der Waals surface area contributed by atoms with Crippen molar-refractivity contribution in [3.8, 4) is 0 Å². The van der Waals surface area contributed by atoms with Crippen molar-refractivity contribution in [1.82, 2.24) is 15.3 Å². The highest BCUT2D eigenvalue weighted by Crippen LogP contribution is 2.27. The van der Waals surface area contributed by atoms with E-state index in [2.05, 4.69) is 15.3 Å². The van der Waals surface area contributed by atoms with E-state index >= 15 is 0 Å². The molecule has 2 unspecified atom stereocenters. The number of rotatable bonds is 1. The average molecular weight is 205 g/mol. The first-order valence-electron chi connectivity index (χ1n) is 4.95. The van der Waals surface area contributed by atoms with E-state index in [1.807, 2.05) is 6.07 Å². The van der Waals surface area contributed by atoms with Gasteiger partial charge < -0.3 is 14.8 Å². The van der Waals surface area contributed by atoms with E-state index < -0.39 is 0 Å². The molecular formula is C10H11N3O2. The van der Waals surface area contributed by atoms with Crippen LogP contribution in [0.25, 0.3) is 11.1 Å². The first-order valence-corrected chi connectivity index (χ1v) is 4.95. The molecule has 0 aliphatic carbocycles. The van der Waals surface area contributed by atoms with Crippen molar-refractivity contribution in [2.45, 2.75) is 18.6 Å². The largest absolute Gasteiger partial charge is 0.456 e. The van der Waals surface area contributed by atoms with Gasteiger partial charge in [-0.05, 0) is 13.0 Å². The number of aliphatic hydroxyl groups is 1. The maximum absolute atomic E-state index is 9.71. The maximum Gasteiger partial charge on any atom is 0.171 e. The molecule has 0 radical (unpaired) electrons. The summed E-state index contributed by atoms with van der Waals surface area (Å²) >= 11 is 0. The van der Waals surface area contributed by atoms with Gasteiger partial charge in [0.05, 0.1) is 18.3 Å². The summed E-state index contributed by atoms with van der Waals surface area (Å²) in [6.07, 6.45) is 3.50. The Kier molecular flexibility index (Phi) is 1.93. The SMILES string of the molecule is OC1CCNC1c1cc2ncncc2o1. The summed E-state index contributed by atoms with van der Waals surface area (Å²) in [4.78, 5) is 7.97. The molecule has 78 valence electrons. The maximum atomic E-state index is 9.71. The minimum absolute atomic E-state index is 0.112. The van der Waals surface area contributed by atoms with E-state index in [1.165, 1.54) is 6.33 Å². The standard InChI is InChI=1S/C10H11N3O2/c14-7-1-2-12-10(7)8-3-6-9(15-8)4-11-5-13-6/h3-5,7,10,12,14H,1-2H2. The molecule has 1 saturated heterocycles. The Labute approximate surface area is 86.1 Å². The van der Waals surface area contributed by atoms with Crippen LogP contribution in [0.15, 0.2) is 23.0 Å². The minimum atomic E-state index is -0.376. The summed E-state index contributed by atoms with van der Waals surface area (Å²) in [6, 6.07) is 1.74. The Morgan fingerprint density at radius 3 is 3.20 bits per heavy atom. The molecule has 2 atom stereocenters. The van der Waals surface area contributed by atoms with E-state index in [0.717, 1.165) is 24.2 Å². The fraction of sp³-hybridized carbons (Fsp3) is 0.400.